The van der Waals surface area contributed by atoms with E-state index in [1.54, 1.807) is 0 Å². The van der Waals surface area contributed by atoms with Gasteiger partial charge in [-0.3, -0.25) is 10.1 Å². The predicted octanol–water partition coefficient (Wildman–Crippen LogP) is 3.40. The van der Waals surface area contributed by atoms with Gasteiger partial charge >= 0.3 is 0 Å². The van der Waals surface area contributed by atoms with Crippen molar-refractivity contribution < 1.29 is 4.79 Å². The maximum Gasteiger partial charge on any atom is 0.241 e. The standard InChI is InChI=1S/C16H32N2O/c1-6-9-14-16(19)18(11-13(7-2)8-3)15(17-14)10-12(4)5/h12-15,17H,6-11H2,1-5H3. The molecule has 1 aliphatic rings. The molecule has 0 aromatic heterocycles. The van der Waals surface area contributed by atoms with Crippen molar-refractivity contribution in [3.05, 3.63) is 0 Å². The SMILES string of the molecule is CCCC1NC(CC(C)C)N(CC(CC)CC)C1=O. The van der Waals surface area contributed by atoms with Crippen molar-refractivity contribution in [2.24, 2.45) is 11.8 Å². The predicted molar refractivity (Wildman–Crippen MR) is 80.9 cm³/mol. The molecule has 19 heavy (non-hydrogen) atoms. The van der Waals surface area contributed by atoms with Crippen molar-refractivity contribution in [3.8, 4) is 0 Å². The molecule has 1 aliphatic heterocycles. The Morgan fingerprint density at radius 3 is 2.32 bits per heavy atom. The lowest BCUT2D eigenvalue weighted by Crippen LogP contribution is -2.41. The summed E-state index contributed by atoms with van der Waals surface area (Å²) >= 11 is 0. The molecule has 3 heteroatoms. The minimum absolute atomic E-state index is 0.0584. The maximum atomic E-state index is 12.5. The highest BCUT2D eigenvalue weighted by Gasteiger charge is 2.38. The first-order chi connectivity index (χ1) is 9.03. The van der Waals surface area contributed by atoms with Crippen LogP contribution in [0.25, 0.3) is 0 Å². The zero-order chi connectivity index (χ0) is 14.4. The molecule has 1 saturated heterocycles. The monoisotopic (exact) mass is 268 g/mol. The van der Waals surface area contributed by atoms with E-state index in [4.69, 9.17) is 0 Å². The van der Waals surface area contributed by atoms with E-state index in [0.717, 1.165) is 38.6 Å². The Balaban J connectivity index is 2.72. The number of hydrogen-bond donors (Lipinski definition) is 1. The number of hydrogen-bond acceptors (Lipinski definition) is 2. The third-order valence-corrected chi connectivity index (χ3v) is 4.23. The van der Waals surface area contributed by atoms with Crippen LogP contribution in [-0.4, -0.2) is 29.6 Å². The summed E-state index contributed by atoms with van der Waals surface area (Å²) < 4.78 is 0. The van der Waals surface area contributed by atoms with Gasteiger partial charge in [-0.2, -0.15) is 0 Å². The van der Waals surface area contributed by atoms with Gasteiger partial charge in [-0.25, -0.2) is 0 Å². The van der Waals surface area contributed by atoms with Crippen LogP contribution in [-0.2, 0) is 4.79 Å². The molecule has 1 N–H and O–H groups in total. The first-order valence-corrected chi connectivity index (χ1v) is 8.09. The molecule has 1 fully saturated rings. The van der Waals surface area contributed by atoms with Gasteiger partial charge < -0.3 is 4.90 Å². The van der Waals surface area contributed by atoms with Crippen LogP contribution in [0, 0.1) is 11.8 Å². The van der Waals surface area contributed by atoms with Crippen LogP contribution in [0.2, 0.25) is 0 Å². The number of carbonyl (C=O) groups excluding carboxylic acids is 1. The molecule has 0 aromatic rings. The van der Waals surface area contributed by atoms with E-state index in [9.17, 15) is 4.79 Å². The minimum Gasteiger partial charge on any atom is -0.326 e. The van der Waals surface area contributed by atoms with Gasteiger partial charge in [0, 0.05) is 6.54 Å². The molecule has 1 heterocycles. The number of nitrogens with one attached hydrogen (secondary N) is 1. The van der Waals surface area contributed by atoms with E-state index in [2.05, 4.69) is 44.8 Å². The van der Waals surface area contributed by atoms with Gasteiger partial charge in [-0.05, 0) is 24.7 Å². The van der Waals surface area contributed by atoms with Crippen molar-refractivity contribution in [1.29, 1.82) is 0 Å². The van der Waals surface area contributed by atoms with Gasteiger partial charge in [-0.15, -0.1) is 0 Å². The quantitative estimate of drug-likeness (QED) is 0.732. The zero-order valence-corrected chi connectivity index (χ0v) is 13.4. The zero-order valence-electron chi connectivity index (χ0n) is 13.4. The molecule has 0 spiro atoms. The van der Waals surface area contributed by atoms with E-state index in [-0.39, 0.29) is 12.2 Å². The lowest BCUT2D eigenvalue weighted by molar-refractivity contribution is -0.131. The Hall–Kier alpha value is -0.570. The van der Waals surface area contributed by atoms with Crippen LogP contribution in [0.5, 0.6) is 0 Å². The van der Waals surface area contributed by atoms with E-state index < -0.39 is 0 Å². The van der Waals surface area contributed by atoms with Crippen molar-refractivity contribution in [2.45, 2.75) is 78.9 Å². The topological polar surface area (TPSA) is 32.3 Å². The summed E-state index contributed by atoms with van der Waals surface area (Å²) in [6, 6.07) is 0.0584. The smallest absolute Gasteiger partial charge is 0.241 e. The highest BCUT2D eigenvalue weighted by molar-refractivity contribution is 5.84. The highest BCUT2D eigenvalue weighted by atomic mass is 16.2. The third kappa shape index (κ3) is 4.48. The largest absolute Gasteiger partial charge is 0.326 e. The fraction of sp³-hybridized carbons (Fsp3) is 0.938. The van der Waals surface area contributed by atoms with Gasteiger partial charge in [0.05, 0.1) is 12.2 Å². The maximum absolute atomic E-state index is 12.5. The first kappa shape index (κ1) is 16.5. The molecule has 2 atom stereocenters. The Morgan fingerprint density at radius 2 is 1.84 bits per heavy atom. The highest BCUT2D eigenvalue weighted by Crippen LogP contribution is 2.23. The van der Waals surface area contributed by atoms with E-state index >= 15 is 0 Å². The average molecular weight is 268 g/mol. The summed E-state index contributed by atoms with van der Waals surface area (Å²) in [5.74, 6) is 1.59. The van der Waals surface area contributed by atoms with Gasteiger partial charge in [-0.1, -0.05) is 53.9 Å². The fourth-order valence-corrected chi connectivity index (χ4v) is 2.93. The molecule has 0 radical (unpaired) electrons. The van der Waals surface area contributed by atoms with E-state index in [1.165, 1.54) is 0 Å². The molecular formula is C16H32N2O. The molecule has 0 aromatic carbocycles. The van der Waals surface area contributed by atoms with Crippen LogP contribution >= 0.6 is 0 Å². The van der Waals surface area contributed by atoms with Gasteiger partial charge in [0.2, 0.25) is 5.91 Å². The summed E-state index contributed by atoms with van der Waals surface area (Å²) in [6.07, 6.45) is 5.67. The van der Waals surface area contributed by atoms with E-state index in [0.29, 0.717) is 17.7 Å². The van der Waals surface area contributed by atoms with Crippen LogP contribution in [0.1, 0.15) is 66.7 Å². The number of rotatable bonds is 8. The summed E-state index contributed by atoms with van der Waals surface area (Å²) in [5.41, 5.74) is 0. The lowest BCUT2D eigenvalue weighted by Gasteiger charge is -2.29. The molecule has 3 nitrogen and oxygen atoms in total. The lowest BCUT2D eigenvalue weighted by atomic mass is 10.0. The Bertz CT molecular complexity index is 274. The molecule has 0 saturated carbocycles. The second-order valence-electron chi connectivity index (χ2n) is 6.33. The summed E-state index contributed by atoms with van der Waals surface area (Å²) in [6.45, 7) is 12.0. The van der Waals surface area contributed by atoms with Crippen LogP contribution in [0.15, 0.2) is 0 Å². The molecule has 2 unspecified atom stereocenters. The van der Waals surface area contributed by atoms with Gasteiger partial charge in [0.15, 0.2) is 0 Å². The van der Waals surface area contributed by atoms with Crippen molar-refractivity contribution in [1.82, 2.24) is 10.2 Å². The normalized spacial score (nSPS) is 23.9. The minimum atomic E-state index is 0.0584. The Labute approximate surface area is 119 Å². The molecule has 0 bridgehead atoms. The van der Waals surface area contributed by atoms with Gasteiger partial charge in [0.1, 0.15) is 0 Å². The summed E-state index contributed by atoms with van der Waals surface area (Å²) in [4.78, 5) is 14.6. The number of carbonyl (C=O) groups is 1. The van der Waals surface area contributed by atoms with Crippen LogP contribution in [0.3, 0.4) is 0 Å². The molecule has 1 rings (SSSR count). The van der Waals surface area contributed by atoms with Crippen molar-refractivity contribution >= 4 is 5.91 Å². The van der Waals surface area contributed by atoms with Crippen LogP contribution in [0.4, 0.5) is 0 Å². The fourth-order valence-electron chi connectivity index (χ4n) is 2.93. The number of nitrogens with zero attached hydrogens (tertiary/aromatic N) is 1. The van der Waals surface area contributed by atoms with Gasteiger partial charge in [0.25, 0.3) is 0 Å². The van der Waals surface area contributed by atoms with Crippen molar-refractivity contribution in [2.75, 3.05) is 6.54 Å². The molecule has 112 valence electrons. The molecule has 1 amide bonds. The van der Waals surface area contributed by atoms with E-state index in [1.807, 2.05) is 0 Å². The molecular weight excluding hydrogens is 236 g/mol. The Kier molecular flexibility index (Phi) is 6.84. The summed E-state index contributed by atoms with van der Waals surface area (Å²) in [7, 11) is 0. The average Bonchev–Trinajstić information content (AvgIpc) is 2.63. The summed E-state index contributed by atoms with van der Waals surface area (Å²) in [5, 5.41) is 3.55. The third-order valence-electron chi connectivity index (χ3n) is 4.23. The molecule has 0 aliphatic carbocycles. The Morgan fingerprint density at radius 1 is 1.21 bits per heavy atom. The number of amides is 1. The van der Waals surface area contributed by atoms with Crippen LogP contribution < -0.4 is 5.32 Å². The second kappa shape index (κ2) is 7.88. The first-order valence-electron chi connectivity index (χ1n) is 8.09. The second-order valence-corrected chi connectivity index (χ2v) is 6.33. The van der Waals surface area contributed by atoms with Crippen molar-refractivity contribution in [3.63, 3.8) is 0 Å².